The molecule has 0 saturated carbocycles. The molecule has 3 aromatic carbocycles. The normalized spacial score (nSPS) is 11.4. The van der Waals surface area contributed by atoms with Gasteiger partial charge >= 0.3 is 0 Å². The van der Waals surface area contributed by atoms with Gasteiger partial charge in [0.25, 0.3) is 5.92 Å². The van der Waals surface area contributed by atoms with Gasteiger partial charge in [0.1, 0.15) is 0 Å². The van der Waals surface area contributed by atoms with Crippen molar-refractivity contribution in [2.75, 3.05) is 0 Å². The Balaban J connectivity index is 1.56. The standard InChI is InChI=1S/C23H22F2/c24-23(25,18-8-7-11-19-9-3-1-4-10-19)22-16-14-21(15-17-22)20-12-5-2-6-13-20/h1-6,9-10,12-17H,7-8,11,18H2. The number of hydrogen-bond donors (Lipinski definition) is 0. The molecule has 2 heteroatoms. The monoisotopic (exact) mass is 336 g/mol. The Morgan fingerprint density at radius 2 is 1.16 bits per heavy atom. The second-order valence-electron chi connectivity index (χ2n) is 6.34. The first kappa shape index (κ1) is 17.3. The second-order valence-corrected chi connectivity index (χ2v) is 6.34. The Morgan fingerprint density at radius 1 is 0.600 bits per heavy atom. The number of benzene rings is 3. The number of rotatable bonds is 7. The molecule has 0 radical (unpaired) electrons. The molecular formula is C23H22F2. The topological polar surface area (TPSA) is 0 Å². The lowest BCUT2D eigenvalue weighted by Crippen LogP contribution is -2.13. The van der Waals surface area contributed by atoms with Crippen LogP contribution in [0.15, 0.2) is 84.9 Å². The van der Waals surface area contributed by atoms with Crippen LogP contribution >= 0.6 is 0 Å². The summed E-state index contributed by atoms with van der Waals surface area (Å²) in [7, 11) is 0. The third kappa shape index (κ3) is 4.76. The summed E-state index contributed by atoms with van der Waals surface area (Å²) in [6.45, 7) is 0. The molecule has 0 heterocycles. The highest BCUT2D eigenvalue weighted by Gasteiger charge is 2.30. The van der Waals surface area contributed by atoms with Crippen LogP contribution in [0.2, 0.25) is 0 Å². The minimum Gasteiger partial charge on any atom is -0.201 e. The van der Waals surface area contributed by atoms with Gasteiger partial charge in [0.15, 0.2) is 0 Å². The van der Waals surface area contributed by atoms with Gasteiger partial charge in [-0.05, 0) is 36.0 Å². The molecule has 0 spiro atoms. The van der Waals surface area contributed by atoms with Crippen molar-refractivity contribution in [3.05, 3.63) is 96.1 Å². The Bertz CT molecular complexity index is 762. The SMILES string of the molecule is FC(F)(CCCCc1ccccc1)c1ccc(-c2ccccc2)cc1. The van der Waals surface area contributed by atoms with Crippen LogP contribution in [0, 0.1) is 0 Å². The Kier molecular flexibility index (Phi) is 5.60. The highest BCUT2D eigenvalue weighted by atomic mass is 19.3. The van der Waals surface area contributed by atoms with E-state index in [0.29, 0.717) is 6.42 Å². The van der Waals surface area contributed by atoms with E-state index < -0.39 is 5.92 Å². The lowest BCUT2D eigenvalue weighted by atomic mass is 9.98. The van der Waals surface area contributed by atoms with Crippen LogP contribution in [0.3, 0.4) is 0 Å². The maximum atomic E-state index is 14.4. The van der Waals surface area contributed by atoms with Gasteiger partial charge in [-0.15, -0.1) is 0 Å². The van der Waals surface area contributed by atoms with E-state index in [1.807, 2.05) is 60.7 Å². The second kappa shape index (κ2) is 8.06. The van der Waals surface area contributed by atoms with Gasteiger partial charge in [0.2, 0.25) is 0 Å². The smallest absolute Gasteiger partial charge is 0.201 e. The average molecular weight is 336 g/mol. The first-order valence-electron chi connectivity index (χ1n) is 8.73. The molecule has 0 amide bonds. The van der Waals surface area contributed by atoms with Crippen molar-refractivity contribution in [2.24, 2.45) is 0 Å². The van der Waals surface area contributed by atoms with E-state index in [2.05, 4.69) is 0 Å². The molecule has 25 heavy (non-hydrogen) atoms. The molecule has 0 aliphatic heterocycles. The van der Waals surface area contributed by atoms with Crippen LogP contribution in [-0.4, -0.2) is 0 Å². The van der Waals surface area contributed by atoms with Crippen LogP contribution in [0.4, 0.5) is 8.78 Å². The first-order valence-corrected chi connectivity index (χ1v) is 8.73. The molecule has 0 nitrogen and oxygen atoms in total. The Hall–Kier alpha value is -2.48. The van der Waals surface area contributed by atoms with Crippen LogP contribution in [0.25, 0.3) is 11.1 Å². The predicted molar refractivity (Wildman–Crippen MR) is 99.8 cm³/mol. The predicted octanol–water partition coefficient (Wildman–Crippen LogP) is 6.86. The molecule has 3 rings (SSSR count). The van der Waals surface area contributed by atoms with E-state index in [4.69, 9.17) is 0 Å². The lowest BCUT2D eigenvalue weighted by Gasteiger charge is -2.17. The van der Waals surface area contributed by atoms with Crippen molar-refractivity contribution in [2.45, 2.75) is 31.6 Å². The van der Waals surface area contributed by atoms with Gasteiger partial charge in [-0.25, -0.2) is 8.78 Å². The molecule has 3 aromatic rings. The van der Waals surface area contributed by atoms with Crippen LogP contribution in [0.5, 0.6) is 0 Å². The summed E-state index contributed by atoms with van der Waals surface area (Å²) in [6.07, 6.45) is 2.04. The fraction of sp³-hybridized carbons (Fsp3) is 0.217. The zero-order valence-electron chi connectivity index (χ0n) is 14.2. The van der Waals surface area contributed by atoms with Gasteiger partial charge < -0.3 is 0 Å². The molecule has 0 bridgehead atoms. The number of unbranched alkanes of at least 4 members (excludes halogenated alkanes) is 1. The molecule has 0 aliphatic carbocycles. The summed E-state index contributed by atoms with van der Waals surface area (Å²) < 4.78 is 28.8. The van der Waals surface area contributed by atoms with Crippen molar-refractivity contribution in [3.63, 3.8) is 0 Å². The number of halogens is 2. The third-order valence-corrected chi connectivity index (χ3v) is 4.46. The Morgan fingerprint density at radius 3 is 1.80 bits per heavy atom. The summed E-state index contributed by atoms with van der Waals surface area (Å²) in [5, 5.41) is 0. The number of aryl methyl sites for hydroxylation is 1. The maximum absolute atomic E-state index is 14.4. The molecule has 0 unspecified atom stereocenters. The van der Waals surface area contributed by atoms with Crippen LogP contribution < -0.4 is 0 Å². The summed E-state index contributed by atoms with van der Waals surface area (Å²) >= 11 is 0. The molecule has 0 N–H and O–H groups in total. The number of alkyl halides is 2. The fourth-order valence-electron chi connectivity index (χ4n) is 3.00. The van der Waals surface area contributed by atoms with Crippen LogP contribution in [0.1, 0.15) is 30.4 Å². The molecule has 0 aliphatic rings. The molecular weight excluding hydrogens is 314 g/mol. The zero-order chi connectivity index (χ0) is 17.5. The summed E-state index contributed by atoms with van der Waals surface area (Å²) in [4.78, 5) is 0. The highest BCUT2D eigenvalue weighted by molar-refractivity contribution is 5.63. The van der Waals surface area contributed by atoms with E-state index >= 15 is 0 Å². The average Bonchev–Trinajstić information content (AvgIpc) is 2.67. The highest BCUT2D eigenvalue weighted by Crippen LogP contribution is 2.34. The van der Waals surface area contributed by atoms with E-state index in [-0.39, 0.29) is 12.0 Å². The third-order valence-electron chi connectivity index (χ3n) is 4.46. The maximum Gasteiger partial charge on any atom is 0.273 e. The van der Waals surface area contributed by atoms with Crippen molar-refractivity contribution in [1.82, 2.24) is 0 Å². The van der Waals surface area contributed by atoms with E-state index in [9.17, 15) is 8.78 Å². The minimum atomic E-state index is -2.77. The summed E-state index contributed by atoms with van der Waals surface area (Å²) in [5.41, 5.74) is 3.31. The quantitative estimate of drug-likeness (QED) is 0.413. The van der Waals surface area contributed by atoms with Crippen molar-refractivity contribution in [3.8, 4) is 11.1 Å². The molecule has 128 valence electrons. The van der Waals surface area contributed by atoms with Crippen molar-refractivity contribution in [1.29, 1.82) is 0 Å². The first-order chi connectivity index (χ1) is 12.1. The molecule has 0 atom stereocenters. The van der Waals surface area contributed by atoms with Gasteiger partial charge in [-0.1, -0.05) is 84.9 Å². The Labute approximate surface area is 148 Å². The zero-order valence-corrected chi connectivity index (χ0v) is 14.2. The van der Waals surface area contributed by atoms with Crippen molar-refractivity contribution >= 4 is 0 Å². The van der Waals surface area contributed by atoms with Gasteiger partial charge in [0, 0.05) is 12.0 Å². The lowest BCUT2D eigenvalue weighted by molar-refractivity contribution is -0.0156. The fourth-order valence-corrected chi connectivity index (χ4v) is 3.00. The minimum absolute atomic E-state index is 0.104. The van der Waals surface area contributed by atoms with E-state index in [1.54, 1.807) is 24.3 Å². The van der Waals surface area contributed by atoms with E-state index in [0.717, 1.165) is 24.0 Å². The van der Waals surface area contributed by atoms with Crippen LogP contribution in [-0.2, 0) is 12.3 Å². The number of hydrogen-bond acceptors (Lipinski definition) is 0. The van der Waals surface area contributed by atoms with Crippen molar-refractivity contribution < 1.29 is 8.78 Å². The summed E-state index contributed by atoms with van der Waals surface area (Å²) in [6, 6.07) is 26.5. The van der Waals surface area contributed by atoms with Gasteiger partial charge in [0.05, 0.1) is 0 Å². The van der Waals surface area contributed by atoms with Gasteiger partial charge in [-0.2, -0.15) is 0 Å². The largest absolute Gasteiger partial charge is 0.273 e. The molecule has 0 fully saturated rings. The molecule has 0 aromatic heterocycles. The van der Waals surface area contributed by atoms with Gasteiger partial charge in [-0.3, -0.25) is 0 Å². The summed E-state index contributed by atoms with van der Waals surface area (Å²) in [5.74, 6) is -2.77. The van der Waals surface area contributed by atoms with E-state index in [1.165, 1.54) is 5.56 Å². The molecule has 0 saturated heterocycles.